The molecule has 108 valence electrons. The first-order valence-corrected chi connectivity index (χ1v) is 6.74. The molecule has 0 bridgehead atoms. The summed E-state index contributed by atoms with van der Waals surface area (Å²) in [5.74, 6) is 5.58. The number of benzene rings is 1. The van der Waals surface area contributed by atoms with Crippen LogP contribution in [0.2, 0.25) is 0 Å². The van der Waals surface area contributed by atoms with Crippen LogP contribution in [-0.2, 0) is 4.74 Å². The molecule has 0 unspecified atom stereocenters. The molecule has 1 aromatic carbocycles. The van der Waals surface area contributed by atoms with Crippen LogP contribution in [0.5, 0.6) is 0 Å². The third-order valence-corrected chi connectivity index (χ3v) is 2.58. The van der Waals surface area contributed by atoms with Crippen LogP contribution in [0.3, 0.4) is 0 Å². The molecule has 1 rings (SSSR count). The number of rotatable bonds is 5. The maximum Gasteiger partial charge on any atom is 0.252 e. The molecule has 0 radical (unpaired) electrons. The summed E-state index contributed by atoms with van der Waals surface area (Å²) in [5.41, 5.74) is 7.71. The number of nitrogens with two attached hydrogens (primary N) is 1. The van der Waals surface area contributed by atoms with Gasteiger partial charge in [0, 0.05) is 12.1 Å². The van der Waals surface area contributed by atoms with Crippen molar-refractivity contribution in [3.05, 3.63) is 34.9 Å². The average Bonchev–Trinajstić information content (AvgIpc) is 2.41. The Hall–Kier alpha value is -1.83. The zero-order chi connectivity index (χ0) is 15.0. The molecule has 20 heavy (non-hydrogen) atoms. The van der Waals surface area contributed by atoms with Gasteiger partial charge in [-0.2, -0.15) is 0 Å². The largest absolute Gasteiger partial charge is 0.377 e. The smallest absolute Gasteiger partial charge is 0.252 e. The lowest BCUT2D eigenvalue weighted by Gasteiger charge is -2.10. The summed E-state index contributed by atoms with van der Waals surface area (Å²) < 4.78 is 5.38. The normalized spacial score (nSPS) is 10.1. The lowest BCUT2D eigenvalue weighted by Crippen LogP contribution is -2.28. The minimum atomic E-state index is -0.140. The lowest BCUT2D eigenvalue weighted by atomic mass is 10.0. The number of carbonyl (C=O) groups excluding carboxylic acids is 1. The third kappa shape index (κ3) is 5.43. The molecule has 4 nitrogen and oxygen atoms in total. The van der Waals surface area contributed by atoms with Crippen LogP contribution in [-0.4, -0.2) is 31.7 Å². The fraction of sp³-hybridized carbons (Fsp3) is 0.438. The maximum atomic E-state index is 12.1. The summed E-state index contributed by atoms with van der Waals surface area (Å²) >= 11 is 0. The first-order chi connectivity index (χ1) is 9.54. The van der Waals surface area contributed by atoms with Gasteiger partial charge in [-0.05, 0) is 38.5 Å². The second kappa shape index (κ2) is 8.36. The standard InChI is InChI=1S/C16H22N2O2/c1-12(2)20-10-9-18-16(19)15-7-6-13(3)11-14(15)5-4-8-17/h6-7,11-12H,8-10,17H2,1-3H3,(H,18,19). The molecular formula is C16H22N2O2. The minimum Gasteiger partial charge on any atom is -0.377 e. The highest BCUT2D eigenvalue weighted by Gasteiger charge is 2.09. The molecule has 0 aliphatic rings. The summed E-state index contributed by atoms with van der Waals surface area (Å²) in [6, 6.07) is 5.57. The fourth-order valence-electron chi connectivity index (χ4n) is 1.66. The van der Waals surface area contributed by atoms with Gasteiger partial charge in [0.05, 0.1) is 24.8 Å². The van der Waals surface area contributed by atoms with Crippen molar-refractivity contribution in [2.75, 3.05) is 19.7 Å². The van der Waals surface area contributed by atoms with Crippen LogP contribution in [0.15, 0.2) is 18.2 Å². The average molecular weight is 274 g/mol. The van der Waals surface area contributed by atoms with E-state index in [-0.39, 0.29) is 18.6 Å². The number of nitrogens with one attached hydrogen (secondary N) is 1. The van der Waals surface area contributed by atoms with Gasteiger partial charge < -0.3 is 15.8 Å². The summed E-state index contributed by atoms with van der Waals surface area (Å²) in [6.45, 7) is 7.14. The van der Waals surface area contributed by atoms with E-state index in [4.69, 9.17) is 10.5 Å². The lowest BCUT2D eigenvalue weighted by molar-refractivity contribution is 0.0746. The van der Waals surface area contributed by atoms with Crippen molar-refractivity contribution in [2.24, 2.45) is 5.73 Å². The maximum absolute atomic E-state index is 12.1. The Morgan fingerprint density at radius 3 is 2.85 bits per heavy atom. The Labute approximate surface area is 120 Å². The van der Waals surface area contributed by atoms with Crippen LogP contribution in [0.25, 0.3) is 0 Å². The van der Waals surface area contributed by atoms with Gasteiger partial charge in [-0.1, -0.05) is 17.9 Å². The molecule has 0 heterocycles. The van der Waals surface area contributed by atoms with Gasteiger partial charge in [0.15, 0.2) is 0 Å². The summed E-state index contributed by atoms with van der Waals surface area (Å²) in [5, 5.41) is 2.83. The molecular weight excluding hydrogens is 252 g/mol. The molecule has 0 aliphatic carbocycles. The fourth-order valence-corrected chi connectivity index (χ4v) is 1.66. The van der Waals surface area contributed by atoms with E-state index in [0.717, 1.165) is 5.56 Å². The van der Waals surface area contributed by atoms with Crippen molar-refractivity contribution >= 4 is 5.91 Å². The van der Waals surface area contributed by atoms with Gasteiger partial charge in [0.1, 0.15) is 0 Å². The van der Waals surface area contributed by atoms with Crippen LogP contribution < -0.4 is 11.1 Å². The molecule has 0 saturated heterocycles. The summed E-state index contributed by atoms with van der Waals surface area (Å²) in [7, 11) is 0. The Morgan fingerprint density at radius 1 is 1.45 bits per heavy atom. The van der Waals surface area contributed by atoms with E-state index >= 15 is 0 Å². The Kier molecular flexibility index (Phi) is 6.78. The van der Waals surface area contributed by atoms with E-state index in [0.29, 0.717) is 24.3 Å². The predicted octanol–water partition coefficient (Wildman–Crippen LogP) is 1.46. The molecule has 0 saturated carbocycles. The van der Waals surface area contributed by atoms with Crippen LogP contribution in [0, 0.1) is 18.8 Å². The highest BCUT2D eigenvalue weighted by Crippen LogP contribution is 2.10. The first-order valence-electron chi connectivity index (χ1n) is 6.74. The van der Waals surface area contributed by atoms with Crippen LogP contribution in [0.1, 0.15) is 35.3 Å². The Bertz CT molecular complexity index is 513. The monoisotopic (exact) mass is 274 g/mol. The van der Waals surface area contributed by atoms with Crippen molar-refractivity contribution in [1.29, 1.82) is 0 Å². The number of hydrogen-bond acceptors (Lipinski definition) is 3. The van der Waals surface area contributed by atoms with Gasteiger partial charge in [0.25, 0.3) is 5.91 Å². The van der Waals surface area contributed by atoms with E-state index in [1.54, 1.807) is 6.07 Å². The molecule has 1 amide bonds. The minimum absolute atomic E-state index is 0.140. The zero-order valence-corrected chi connectivity index (χ0v) is 12.3. The van der Waals surface area contributed by atoms with Crippen molar-refractivity contribution in [3.63, 3.8) is 0 Å². The van der Waals surface area contributed by atoms with E-state index in [1.807, 2.05) is 32.9 Å². The number of hydrogen-bond donors (Lipinski definition) is 2. The molecule has 0 fully saturated rings. The number of aryl methyl sites for hydroxylation is 1. The van der Waals surface area contributed by atoms with Crippen molar-refractivity contribution in [1.82, 2.24) is 5.32 Å². The van der Waals surface area contributed by atoms with Crippen molar-refractivity contribution in [3.8, 4) is 11.8 Å². The highest BCUT2D eigenvalue weighted by molar-refractivity contribution is 5.96. The van der Waals surface area contributed by atoms with Gasteiger partial charge in [-0.3, -0.25) is 4.79 Å². The van der Waals surface area contributed by atoms with Crippen molar-refractivity contribution < 1.29 is 9.53 Å². The third-order valence-electron chi connectivity index (χ3n) is 2.58. The predicted molar refractivity (Wildman–Crippen MR) is 80.5 cm³/mol. The van der Waals surface area contributed by atoms with E-state index in [2.05, 4.69) is 17.2 Å². The van der Waals surface area contributed by atoms with Gasteiger partial charge in [-0.25, -0.2) is 0 Å². The second-order valence-electron chi connectivity index (χ2n) is 4.73. The summed E-state index contributed by atoms with van der Waals surface area (Å²) in [6.07, 6.45) is 0.164. The molecule has 0 atom stereocenters. The number of carbonyl (C=O) groups is 1. The van der Waals surface area contributed by atoms with Gasteiger partial charge in [0.2, 0.25) is 0 Å². The topological polar surface area (TPSA) is 64.3 Å². The Balaban J connectivity index is 2.72. The van der Waals surface area contributed by atoms with Crippen molar-refractivity contribution in [2.45, 2.75) is 26.9 Å². The first kappa shape index (κ1) is 16.2. The molecule has 0 spiro atoms. The Morgan fingerprint density at radius 2 is 2.20 bits per heavy atom. The van der Waals surface area contributed by atoms with Gasteiger partial charge >= 0.3 is 0 Å². The number of amides is 1. The summed E-state index contributed by atoms with van der Waals surface area (Å²) in [4.78, 5) is 12.1. The van der Waals surface area contributed by atoms with Gasteiger partial charge in [-0.15, -0.1) is 0 Å². The molecule has 3 N–H and O–H groups in total. The SMILES string of the molecule is Cc1ccc(C(=O)NCCOC(C)C)c(C#CCN)c1. The quantitative estimate of drug-likeness (QED) is 0.631. The number of ether oxygens (including phenoxy) is 1. The zero-order valence-electron chi connectivity index (χ0n) is 12.3. The second-order valence-corrected chi connectivity index (χ2v) is 4.73. The van der Waals surface area contributed by atoms with E-state index < -0.39 is 0 Å². The van der Waals surface area contributed by atoms with Crippen LogP contribution >= 0.6 is 0 Å². The van der Waals surface area contributed by atoms with Crippen LogP contribution in [0.4, 0.5) is 0 Å². The van der Waals surface area contributed by atoms with E-state index in [1.165, 1.54) is 0 Å². The molecule has 4 heteroatoms. The molecule has 0 aliphatic heterocycles. The highest BCUT2D eigenvalue weighted by atomic mass is 16.5. The van der Waals surface area contributed by atoms with E-state index in [9.17, 15) is 4.79 Å². The molecule has 1 aromatic rings. The molecule has 0 aromatic heterocycles.